The summed E-state index contributed by atoms with van der Waals surface area (Å²) in [6.07, 6.45) is 1.27. The summed E-state index contributed by atoms with van der Waals surface area (Å²) in [4.78, 5) is 45.5. The quantitative estimate of drug-likeness (QED) is 0.797. The molecule has 30 heavy (non-hydrogen) atoms. The Morgan fingerprint density at radius 1 is 1.23 bits per heavy atom. The van der Waals surface area contributed by atoms with E-state index in [1.54, 1.807) is 18.7 Å². The van der Waals surface area contributed by atoms with Crippen LogP contribution in [0.2, 0.25) is 0 Å². The average Bonchev–Trinajstić information content (AvgIpc) is 3.30. The molecule has 1 fully saturated rings. The van der Waals surface area contributed by atoms with Crippen LogP contribution in [0.4, 0.5) is 0 Å². The van der Waals surface area contributed by atoms with E-state index in [4.69, 9.17) is 4.52 Å². The molecule has 2 aliphatic heterocycles. The van der Waals surface area contributed by atoms with Gasteiger partial charge in [-0.05, 0) is 31.4 Å². The van der Waals surface area contributed by atoms with Crippen LogP contribution in [-0.4, -0.2) is 56.3 Å². The van der Waals surface area contributed by atoms with E-state index >= 15 is 0 Å². The maximum atomic E-state index is 13.2. The Hall–Kier alpha value is -3.23. The van der Waals surface area contributed by atoms with E-state index in [2.05, 4.69) is 15.5 Å². The lowest BCUT2D eigenvalue weighted by Gasteiger charge is -2.47. The van der Waals surface area contributed by atoms with Crippen LogP contribution < -0.4 is 5.32 Å². The van der Waals surface area contributed by atoms with Gasteiger partial charge in [0.25, 0.3) is 5.91 Å². The predicted molar refractivity (Wildman–Crippen MR) is 106 cm³/mol. The molecule has 0 aliphatic carbocycles. The largest absolute Gasteiger partial charge is 0.347 e. The van der Waals surface area contributed by atoms with E-state index in [9.17, 15) is 14.4 Å². The van der Waals surface area contributed by atoms with E-state index in [0.29, 0.717) is 49.8 Å². The summed E-state index contributed by atoms with van der Waals surface area (Å²) in [6.45, 7) is 4.91. The number of amides is 3. The monoisotopic (exact) mass is 411 g/mol. The minimum Gasteiger partial charge on any atom is -0.347 e. The van der Waals surface area contributed by atoms with Gasteiger partial charge in [0.2, 0.25) is 17.7 Å². The van der Waals surface area contributed by atoms with Crippen LogP contribution in [0, 0.1) is 6.92 Å². The first kappa shape index (κ1) is 20.1. The maximum absolute atomic E-state index is 13.2. The van der Waals surface area contributed by atoms with Crippen molar-refractivity contribution >= 4 is 17.7 Å². The van der Waals surface area contributed by atoms with Gasteiger partial charge in [-0.1, -0.05) is 23.4 Å². The second kappa shape index (κ2) is 7.89. The number of benzene rings is 1. The number of nitrogens with zero attached hydrogens (tertiary/aromatic N) is 4. The van der Waals surface area contributed by atoms with Gasteiger partial charge in [-0.3, -0.25) is 14.4 Å². The molecule has 1 N–H and O–H groups in total. The highest BCUT2D eigenvalue weighted by Crippen LogP contribution is 2.38. The van der Waals surface area contributed by atoms with E-state index in [1.165, 1.54) is 0 Å². The number of likely N-dealkylation sites (tertiary alicyclic amines) is 1. The molecule has 3 heterocycles. The van der Waals surface area contributed by atoms with Crippen molar-refractivity contribution in [1.82, 2.24) is 25.3 Å². The Morgan fingerprint density at radius 2 is 1.97 bits per heavy atom. The molecule has 9 heteroatoms. The summed E-state index contributed by atoms with van der Waals surface area (Å²) in [6, 6.07) is 7.54. The molecule has 0 saturated carbocycles. The number of fused-ring (bicyclic) bond motifs is 1. The Labute approximate surface area is 174 Å². The first-order valence-corrected chi connectivity index (χ1v) is 10.1. The number of nitrogens with one attached hydrogen (secondary N) is 1. The second-order valence-electron chi connectivity index (χ2n) is 7.97. The van der Waals surface area contributed by atoms with Gasteiger partial charge in [0.15, 0.2) is 5.82 Å². The Balaban J connectivity index is 1.52. The summed E-state index contributed by atoms with van der Waals surface area (Å²) in [7, 11) is 0. The smallest absolute Gasteiger partial charge is 0.254 e. The maximum Gasteiger partial charge on any atom is 0.254 e. The van der Waals surface area contributed by atoms with Crippen LogP contribution in [0.15, 0.2) is 28.8 Å². The minimum absolute atomic E-state index is 0.0100. The zero-order valence-corrected chi connectivity index (χ0v) is 17.2. The molecule has 0 atom stereocenters. The normalized spacial score (nSPS) is 17.7. The van der Waals surface area contributed by atoms with Crippen molar-refractivity contribution in [1.29, 1.82) is 0 Å². The fourth-order valence-electron chi connectivity index (χ4n) is 4.36. The molecule has 0 bridgehead atoms. The summed E-state index contributed by atoms with van der Waals surface area (Å²) in [5, 5.41) is 6.54. The highest BCUT2D eigenvalue weighted by atomic mass is 16.5. The van der Waals surface area contributed by atoms with Crippen LogP contribution in [-0.2, 0) is 22.7 Å². The molecule has 3 amide bonds. The molecule has 4 rings (SSSR count). The molecule has 158 valence electrons. The number of hydrogen-bond acceptors (Lipinski definition) is 6. The predicted octanol–water partition coefficient (Wildman–Crippen LogP) is 1.42. The van der Waals surface area contributed by atoms with Gasteiger partial charge in [0.05, 0.1) is 18.5 Å². The molecule has 1 saturated heterocycles. The summed E-state index contributed by atoms with van der Waals surface area (Å²) < 4.78 is 5.04. The molecule has 2 aliphatic rings. The van der Waals surface area contributed by atoms with Crippen LogP contribution >= 0.6 is 0 Å². The van der Waals surface area contributed by atoms with Crippen molar-refractivity contribution in [3.63, 3.8) is 0 Å². The lowest BCUT2D eigenvalue weighted by atomic mass is 9.82. The number of carbonyl (C=O) groups is 3. The molecular weight excluding hydrogens is 386 g/mol. The number of carbonyl (C=O) groups excluding carboxylic acids is 3. The third-order valence-corrected chi connectivity index (χ3v) is 6.03. The SMILES string of the molecule is CC(=O)N1CCC(CC(=O)NCc2nc(C)no2)(N2Cc3ccccc3C2=O)CC1. The molecule has 9 nitrogen and oxygen atoms in total. The molecule has 2 aromatic rings. The van der Waals surface area contributed by atoms with Crippen molar-refractivity contribution in [2.24, 2.45) is 0 Å². The standard InChI is InChI=1S/C21H25N5O4/c1-14-23-19(30-24-14)12-22-18(28)11-21(7-9-25(10-8-21)15(2)27)26-13-16-5-3-4-6-17(16)20(26)29/h3-6H,7-13H2,1-2H3,(H,22,28). The highest BCUT2D eigenvalue weighted by Gasteiger charge is 2.47. The molecular formula is C21H25N5O4. The molecule has 0 spiro atoms. The van der Waals surface area contributed by atoms with Crippen molar-refractivity contribution in [3.05, 3.63) is 47.1 Å². The molecule has 1 aromatic carbocycles. The Kier molecular flexibility index (Phi) is 5.27. The zero-order valence-electron chi connectivity index (χ0n) is 17.2. The van der Waals surface area contributed by atoms with Gasteiger partial charge in [-0.15, -0.1) is 0 Å². The minimum atomic E-state index is -0.642. The van der Waals surface area contributed by atoms with Gasteiger partial charge in [0.1, 0.15) is 0 Å². The number of rotatable bonds is 5. The second-order valence-corrected chi connectivity index (χ2v) is 7.97. The summed E-state index contributed by atoms with van der Waals surface area (Å²) >= 11 is 0. The summed E-state index contributed by atoms with van der Waals surface area (Å²) in [5.74, 6) is 0.614. The van der Waals surface area contributed by atoms with Crippen molar-refractivity contribution in [2.45, 2.75) is 51.7 Å². The van der Waals surface area contributed by atoms with Gasteiger partial charge in [-0.2, -0.15) is 4.98 Å². The number of piperidine rings is 1. The highest BCUT2D eigenvalue weighted by molar-refractivity contribution is 5.99. The third-order valence-electron chi connectivity index (χ3n) is 6.03. The number of aromatic nitrogens is 2. The Bertz CT molecular complexity index is 977. The van der Waals surface area contributed by atoms with E-state index < -0.39 is 5.54 Å². The fraction of sp³-hybridized carbons (Fsp3) is 0.476. The topological polar surface area (TPSA) is 109 Å². The van der Waals surface area contributed by atoms with Crippen molar-refractivity contribution in [2.75, 3.05) is 13.1 Å². The van der Waals surface area contributed by atoms with Crippen LogP contribution in [0.25, 0.3) is 0 Å². The van der Waals surface area contributed by atoms with Gasteiger partial charge >= 0.3 is 0 Å². The van der Waals surface area contributed by atoms with Gasteiger partial charge < -0.3 is 19.6 Å². The van der Waals surface area contributed by atoms with Gasteiger partial charge in [-0.25, -0.2) is 0 Å². The van der Waals surface area contributed by atoms with Crippen molar-refractivity contribution < 1.29 is 18.9 Å². The number of hydrogen-bond donors (Lipinski definition) is 1. The molecule has 0 unspecified atom stereocenters. The average molecular weight is 411 g/mol. The lowest BCUT2D eigenvalue weighted by molar-refractivity contribution is -0.132. The fourth-order valence-corrected chi connectivity index (χ4v) is 4.36. The summed E-state index contributed by atoms with van der Waals surface area (Å²) in [5.41, 5.74) is 1.02. The Morgan fingerprint density at radius 3 is 2.60 bits per heavy atom. The molecule has 1 aromatic heterocycles. The van der Waals surface area contributed by atoms with Crippen LogP contribution in [0.1, 0.15) is 53.8 Å². The van der Waals surface area contributed by atoms with E-state index in [0.717, 1.165) is 5.56 Å². The van der Waals surface area contributed by atoms with E-state index in [1.807, 2.05) is 29.2 Å². The van der Waals surface area contributed by atoms with Crippen LogP contribution in [0.3, 0.4) is 0 Å². The molecule has 0 radical (unpaired) electrons. The van der Waals surface area contributed by atoms with Crippen molar-refractivity contribution in [3.8, 4) is 0 Å². The number of aryl methyl sites for hydroxylation is 1. The zero-order chi connectivity index (χ0) is 21.3. The lowest BCUT2D eigenvalue weighted by Crippen LogP contribution is -2.57. The van der Waals surface area contributed by atoms with E-state index in [-0.39, 0.29) is 30.7 Å². The first-order chi connectivity index (χ1) is 14.4. The van der Waals surface area contributed by atoms with Crippen LogP contribution in [0.5, 0.6) is 0 Å². The van der Waals surface area contributed by atoms with Gasteiger partial charge in [0, 0.05) is 32.1 Å². The third kappa shape index (κ3) is 3.79. The first-order valence-electron chi connectivity index (χ1n) is 10.1.